The van der Waals surface area contributed by atoms with Crippen molar-refractivity contribution in [2.24, 2.45) is 0 Å². The van der Waals surface area contributed by atoms with Crippen LogP contribution in [-0.2, 0) is 4.79 Å². The fraction of sp³-hybridized carbons (Fsp3) is 0.750. The minimum Gasteiger partial charge on any atom is -0.355 e. The highest BCUT2D eigenvalue weighted by Gasteiger charge is 2.21. The molecule has 0 spiro atoms. The highest BCUT2D eigenvalue weighted by atomic mass is 16.2. The van der Waals surface area contributed by atoms with E-state index in [1.807, 2.05) is 6.92 Å². The van der Waals surface area contributed by atoms with E-state index in [1.54, 1.807) is 0 Å². The van der Waals surface area contributed by atoms with Gasteiger partial charge in [-0.1, -0.05) is 6.92 Å². The normalized spacial score (nSPS) is 15.8. The van der Waals surface area contributed by atoms with Crippen molar-refractivity contribution in [3.8, 4) is 0 Å². The number of nitrogens with zero attached hydrogens (tertiary/aromatic N) is 1. The van der Waals surface area contributed by atoms with Gasteiger partial charge in [0, 0.05) is 19.6 Å². The molecule has 0 saturated carbocycles. The van der Waals surface area contributed by atoms with E-state index in [1.165, 1.54) is 4.90 Å². The molecule has 0 radical (unpaired) electrons. The van der Waals surface area contributed by atoms with E-state index in [0.717, 1.165) is 6.42 Å². The van der Waals surface area contributed by atoms with Crippen LogP contribution < -0.4 is 10.6 Å². The Balaban J connectivity index is 2.23. The number of carbonyl (C=O) groups excluding carboxylic acids is 2. The van der Waals surface area contributed by atoms with E-state index < -0.39 is 0 Å². The van der Waals surface area contributed by atoms with Crippen molar-refractivity contribution in [2.45, 2.75) is 13.3 Å². The molecule has 0 unspecified atom stereocenters. The first-order chi connectivity index (χ1) is 6.24. The van der Waals surface area contributed by atoms with Crippen LogP contribution >= 0.6 is 0 Å². The molecule has 74 valence electrons. The second-order valence-corrected chi connectivity index (χ2v) is 3.00. The Kier molecular flexibility index (Phi) is 3.54. The molecule has 5 heteroatoms. The fourth-order valence-corrected chi connectivity index (χ4v) is 1.16. The van der Waals surface area contributed by atoms with E-state index in [9.17, 15) is 9.59 Å². The minimum atomic E-state index is -0.147. The summed E-state index contributed by atoms with van der Waals surface area (Å²) in [6, 6.07) is -0.147. The predicted octanol–water partition coefficient (Wildman–Crippen LogP) is -0.462. The molecule has 0 bridgehead atoms. The molecule has 13 heavy (non-hydrogen) atoms. The topological polar surface area (TPSA) is 61.4 Å². The van der Waals surface area contributed by atoms with Gasteiger partial charge in [-0.15, -0.1) is 0 Å². The molecule has 2 N–H and O–H groups in total. The summed E-state index contributed by atoms with van der Waals surface area (Å²) in [6.07, 6.45) is 0.915. The van der Waals surface area contributed by atoms with Gasteiger partial charge < -0.3 is 15.5 Å². The SMILES string of the molecule is CCCNC(=O)CN1CCNC1=O. The van der Waals surface area contributed by atoms with Crippen molar-refractivity contribution in [3.63, 3.8) is 0 Å². The summed E-state index contributed by atoms with van der Waals surface area (Å²) < 4.78 is 0. The number of rotatable bonds is 4. The molecule has 1 rings (SSSR count). The van der Waals surface area contributed by atoms with E-state index in [-0.39, 0.29) is 18.5 Å². The van der Waals surface area contributed by atoms with Crippen LogP contribution in [0.15, 0.2) is 0 Å². The molecule has 1 aliphatic rings. The van der Waals surface area contributed by atoms with Crippen molar-refractivity contribution in [1.82, 2.24) is 15.5 Å². The fourth-order valence-electron chi connectivity index (χ4n) is 1.16. The first-order valence-corrected chi connectivity index (χ1v) is 4.53. The van der Waals surface area contributed by atoms with Crippen molar-refractivity contribution in [3.05, 3.63) is 0 Å². The molecule has 1 fully saturated rings. The van der Waals surface area contributed by atoms with Gasteiger partial charge in [-0.3, -0.25) is 4.79 Å². The van der Waals surface area contributed by atoms with E-state index in [4.69, 9.17) is 0 Å². The molecular weight excluding hydrogens is 170 g/mol. The molecule has 3 amide bonds. The van der Waals surface area contributed by atoms with Crippen LogP contribution in [0.1, 0.15) is 13.3 Å². The lowest BCUT2D eigenvalue weighted by Crippen LogP contribution is -2.39. The zero-order valence-electron chi connectivity index (χ0n) is 7.80. The first-order valence-electron chi connectivity index (χ1n) is 4.53. The molecule has 0 aromatic rings. The smallest absolute Gasteiger partial charge is 0.317 e. The zero-order valence-corrected chi connectivity index (χ0v) is 7.80. The molecular formula is C8H15N3O2. The van der Waals surface area contributed by atoms with Gasteiger partial charge in [0.05, 0.1) is 0 Å². The van der Waals surface area contributed by atoms with Crippen molar-refractivity contribution >= 4 is 11.9 Å². The van der Waals surface area contributed by atoms with Crippen LogP contribution in [0.25, 0.3) is 0 Å². The van der Waals surface area contributed by atoms with Crippen molar-refractivity contribution in [1.29, 1.82) is 0 Å². The summed E-state index contributed by atoms with van der Waals surface area (Å²) in [7, 11) is 0. The maximum Gasteiger partial charge on any atom is 0.317 e. The first kappa shape index (κ1) is 9.83. The van der Waals surface area contributed by atoms with E-state index in [0.29, 0.717) is 19.6 Å². The van der Waals surface area contributed by atoms with Gasteiger partial charge in [0.25, 0.3) is 0 Å². The van der Waals surface area contributed by atoms with Gasteiger partial charge in [-0.05, 0) is 6.42 Å². The molecule has 1 saturated heterocycles. The summed E-state index contributed by atoms with van der Waals surface area (Å²) in [4.78, 5) is 23.7. The summed E-state index contributed by atoms with van der Waals surface area (Å²) in [5, 5.41) is 5.36. The number of carbonyl (C=O) groups is 2. The predicted molar refractivity (Wildman–Crippen MR) is 48.3 cm³/mol. The minimum absolute atomic E-state index is 0.0844. The van der Waals surface area contributed by atoms with Gasteiger partial charge >= 0.3 is 6.03 Å². The molecule has 1 aliphatic heterocycles. The molecule has 0 aromatic heterocycles. The van der Waals surface area contributed by atoms with Crippen molar-refractivity contribution in [2.75, 3.05) is 26.2 Å². The van der Waals surface area contributed by atoms with E-state index in [2.05, 4.69) is 10.6 Å². The third-order valence-electron chi connectivity index (χ3n) is 1.85. The second-order valence-electron chi connectivity index (χ2n) is 3.00. The Morgan fingerprint density at radius 3 is 3.00 bits per heavy atom. The molecule has 5 nitrogen and oxygen atoms in total. The Morgan fingerprint density at radius 1 is 1.69 bits per heavy atom. The Morgan fingerprint density at radius 2 is 2.46 bits per heavy atom. The van der Waals surface area contributed by atoms with Crippen LogP contribution in [0.5, 0.6) is 0 Å². The highest BCUT2D eigenvalue weighted by molar-refractivity contribution is 5.84. The van der Waals surface area contributed by atoms with Crippen LogP contribution in [-0.4, -0.2) is 43.0 Å². The summed E-state index contributed by atoms with van der Waals surface area (Å²) in [5.74, 6) is -0.0844. The molecule has 0 atom stereocenters. The molecule has 0 aliphatic carbocycles. The number of hydrogen-bond donors (Lipinski definition) is 2. The quantitative estimate of drug-likeness (QED) is 0.622. The number of urea groups is 1. The Labute approximate surface area is 77.5 Å². The number of nitrogens with one attached hydrogen (secondary N) is 2. The Bertz CT molecular complexity index is 206. The largest absolute Gasteiger partial charge is 0.355 e. The summed E-state index contributed by atoms with van der Waals surface area (Å²) in [5.41, 5.74) is 0. The maximum absolute atomic E-state index is 11.2. The van der Waals surface area contributed by atoms with Crippen LogP contribution in [0.4, 0.5) is 4.79 Å². The van der Waals surface area contributed by atoms with E-state index >= 15 is 0 Å². The average molecular weight is 185 g/mol. The number of amides is 3. The van der Waals surface area contributed by atoms with Gasteiger partial charge in [-0.25, -0.2) is 4.79 Å². The standard InChI is InChI=1S/C8H15N3O2/c1-2-3-9-7(12)6-11-5-4-10-8(11)13/h2-6H2,1H3,(H,9,12)(H,10,13). The van der Waals surface area contributed by atoms with Crippen molar-refractivity contribution < 1.29 is 9.59 Å². The van der Waals surface area contributed by atoms with Crippen LogP contribution in [0.3, 0.4) is 0 Å². The molecule has 0 aromatic carbocycles. The third-order valence-corrected chi connectivity index (χ3v) is 1.85. The average Bonchev–Trinajstić information content (AvgIpc) is 2.48. The van der Waals surface area contributed by atoms with Gasteiger partial charge in [-0.2, -0.15) is 0 Å². The number of hydrogen-bond acceptors (Lipinski definition) is 2. The monoisotopic (exact) mass is 185 g/mol. The molecule has 1 heterocycles. The zero-order chi connectivity index (χ0) is 9.68. The lowest BCUT2D eigenvalue weighted by Gasteiger charge is -2.12. The highest BCUT2D eigenvalue weighted by Crippen LogP contribution is 1.94. The van der Waals surface area contributed by atoms with Gasteiger partial charge in [0.15, 0.2) is 0 Å². The second kappa shape index (κ2) is 4.69. The maximum atomic E-state index is 11.2. The van der Waals surface area contributed by atoms with Gasteiger partial charge in [0.1, 0.15) is 6.54 Å². The summed E-state index contributed by atoms with van der Waals surface area (Å²) >= 11 is 0. The lowest BCUT2D eigenvalue weighted by molar-refractivity contribution is -0.121. The lowest BCUT2D eigenvalue weighted by atomic mass is 10.4. The third kappa shape index (κ3) is 2.93. The summed E-state index contributed by atoms with van der Waals surface area (Å²) in [6.45, 7) is 4.10. The van der Waals surface area contributed by atoms with Crippen LogP contribution in [0.2, 0.25) is 0 Å². The Hall–Kier alpha value is -1.26. The van der Waals surface area contributed by atoms with Gasteiger partial charge in [0.2, 0.25) is 5.91 Å². The van der Waals surface area contributed by atoms with Crippen LogP contribution in [0, 0.1) is 0 Å².